The minimum atomic E-state index is -0.692. The van der Waals surface area contributed by atoms with Crippen molar-refractivity contribution in [3.8, 4) is 0 Å². The van der Waals surface area contributed by atoms with Crippen LogP contribution in [0.25, 0.3) is 0 Å². The highest BCUT2D eigenvalue weighted by molar-refractivity contribution is 7.99. The topological polar surface area (TPSA) is 49.4 Å². The number of hydrogen-bond acceptors (Lipinski definition) is 3. The van der Waals surface area contributed by atoms with Gasteiger partial charge in [0, 0.05) is 33.4 Å². The van der Waals surface area contributed by atoms with Crippen molar-refractivity contribution in [1.29, 1.82) is 0 Å². The molecule has 1 unspecified atom stereocenters. The zero-order chi connectivity index (χ0) is 23.9. The van der Waals surface area contributed by atoms with Crippen molar-refractivity contribution in [3.63, 3.8) is 0 Å². The maximum absolute atomic E-state index is 13.9. The van der Waals surface area contributed by atoms with Crippen molar-refractivity contribution >= 4 is 46.8 Å². The number of rotatable bonds is 9. The molecule has 2 amide bonds. The smallest absolute Gasteiger partial charge is 0.243 e. The van der Waals surface area contributed by atoms with Gasteiger partial charge in [-0.25, -0.2) is 4.39 Å². The standard InChI is InChI=1S/C24H29Cl2FN2O2S/c1-5-21(23(31)28-24(2,3)4)29(13-17-18(25)10-8-11-19(17)26)22(30)15-32-14-16-9-6-7-12-20(16)27/h6-12,21H,5,13-15H2,1-4H3,(H,28,31). The summed E-state index contributed by atoms with van der Waals surface area (Å²) in [6, 6.07) is 10.9. The van der Waals surface area contributed by atoms with E-state index in [4.69, 9.17) is 23.2 Å². The molecule has 0 aliphatic carbocycles. The Kier molecular flexibility index (Phi) is 9.86. The molecule has 1 N–H and O–H groups in total. The van der Waals surface area contributed by atoms with Crippen LogP contribution in [-0.4, -0.2) is 34.0 Å². The monoisotopic (exact) mass is 498 g/mol. The number of hydrogen-bond donors (Lipinski definition) is 1. The molecule has 0 aromatic heterocycles. The van der Waals surface area contributed by atoms with Crippen LogP contribution in [0.2, 0.25) is 10.0 Å². The Labute approximate surface area is 203 Å². The average molecular weight is 499 g/mol. The molecular formula is C24H29Cl2FN2O2S. The van der Waals surface area contributed by atoms with E-state index >= 15 is 0 Å². The number of carbonyl (C=O) groups excluding carboxylic acids is 2. The Morgan fingerprint density at radius 1 is 1.09 bits per heavy atom. The zero-order valence-electron chi connectivity index (χ0n) is 18.8. The number of nitrogens with one attached hydrogen (secondary N) is 1. The van der Waals surface area contributed by atoms with Crippen LogP contribution >= 0.6 is 35.0 Å². The summed E-state index contributed by atoms with van der Waals surface area (Å²) >= 11 is 14.0. The quantitative estimate of drug-likeness (QED) is 0.455. The van der Waals surface area contributed by atoms with Crippen LogP contribution in [0.4, 0.5) is 4.39 Å². The lowest BCUT2D eigenvalue weighted by Crippen LogP contribution is -2.53. The van der Waals surface area contributed by atoms with E-state index in [0.717, 1.165) is 0 Å². The molecule has 2 aromatic carbocycles. The van der Waals surface area contributed by atoms with Crippen LogP contribution in [0.15, 0.2) is 42.5 Å². The Morgan fingerprint density at radius 2 is 1.72 bits per heavy atom. The van der Waals surface area contributed by atoms with Crippen molar-refractivity contribution < 1.29 is 14.0 Å². The molecule has 2 aromatic rings. The summed E-state index contributed by atoms with van der Waals surface area (Å²) in [6.45, 7) is 7.62. The Bertz CT molecular complexity index is 930. The van der Waals surface area contributed by atoms with E-state index in [1.807, 2.05) is 27.7 Å². The highest BCUT2D eigenvalue weighted by Gasteiger charge is 2.31. The highest BCUT2D eigenvalue weighted by Crippen LogP contribution is 2.27. The van der Waals surface area contributed by atoms with Gasteiger partial charge in [0.15, 0.2) is 0 Å². The SMILES string of the molecule is CCC(C(=O)NC(C)(C)C)N(Cc1c(Cl)cccc1Cl)C(=O)CSCc1ccccc1F. The van der Waals surface area contributed by atoms with Crippen molar-refractivity contribution in [3.05, 3.63) is 69.5 Å². The van der Waals surface area contributed by atoms with Gasteiger partial charge in [0.1, 0.15) is 11.9 Å². The fourth-order valence-electron chi connectivity index (χ4n) is 3.17. The molecule has 0 saturated carbocycles. The van der Waals surface area contributed by atoms with Gasteiger partial charge in [0.05, 0.1) is 5.75 Å². The first-order chi connectivity index (χ1) is 15.0. The number of thioether (sulfide) groups is 1. The van der Waals surface area contributed by atoms with E-state index in [2.05, 4.69) is 5.32 Å². The normalized spacial score (nSPS) is 12.3. The van der Waals surface area contributed by atoms with E-state index in [-0.39, 0.29) is 29.9 Å². The van der Waals surface area contributed by atoms with E-state index in [0.29, 0.717) is 33.3 Å². The minimum absolute atomic E-state index is 0.0930. The lowest BCUT2D eigenvalue weighted by molar-refractivity contribution is -0.140. The molecule has 0 heterocycles. The van der Waals surface area contributed by atoms with Gasteiger partial charge < -0.3 is 10.2 Å². The first-order valence-corrected chi connectivity index (χ1v) is 12.3. The van der Waals surface area contributed by atoms with Gasteiger partial charge >= 0.3 is 0 Å². The lowest BCUT2D eigenvalue weighted by Gasteiger charge is -2.33. The number of nitrogens with zero attached hydrogens (tertiary/aromatic N) is 1. The van der Waals surface area contributed by atoms with Crippen LogP contribution in [0.1, 0.15) is 45.2 Å². The van der Waals surface area contributed by atoms with E-state index < -0.39 is 11.6 Å². The molecule has 0 saturated heterocycles. The molecule has 0 radical (unpaired) electrons. The number of benzene rings is 2. The van der Waals surface area contributed by atoms with E-state index in [1.165, 1.54) is 22.7 Å². The molecule has 32 heavy (non-hydrogen) atoms. The third-order valence-electron chi connectivity index (χ3n) is 4.72. The van der Waals surface area contributed by atoms with Gasteiger partial charge in [-0.15, -0.1) is 11.8 Å². The van der Waals surface area contributed by atoms with Crippen LogP contribution in [-0.2, 0) is 21.9 Å². The van der Waals surface area contributed by atoms with Gasteiger partial charge in [0.2, 0.25) is 11.8 Å². The van der Waals surface area contributed by atoms with Crippen LogP contribution in [0, 0.1) is 5.82 Å². The second-order valence-corrected chi connectivity index (χ2v) is 10.3. The average Bonchev–Trinajstić information content (AvgIpc) is 2.70. The zero-order valence-corrected chi connectivity index (χ0v) is 21.1. The summed E-state index contributed by atoms with van der Waals surface area (Å²) < 4.78 is 13.9. The molecule has 0 bridgehead atoms. The minimum Gasteiger partial charge on any atom is -0.350 e. The molecule has 0 aliphatic heterocycles. The molecule has 0 aliphatic rings. The molecular weight excluding hydrogens is 470 g/mol. The predicted octanol–water partition coefficient (Wildman–Crippen LogP) is 6.09. The van der Waals surface area contributed by atoms with Crippen molar-refractivity contribution in [2.45, 2.75) is 58.0 Å². The molecule has 8 heteroatoms. The fourth-order valence-corrected chi connectivity index (χ4v) is 4.59. The van der Waals surface area contributed by atoms with E-state index in [9.17, 15) is 14.0 Å². The van der Waals surface area contributed by atoms with Crippen molar-refractivity contribution in [2.75, 3.05) is 5.75 Å². The van der Waals surface area contributed by atoms with Crippen molar-refractivity contribution in [1.82, 2.24) is 10.2 Å². The van der Waals surface area contributed by atoms with Crippen LogP contribution < -0.4 is 5.32 Å². The first kappa shape index (κ1) is 26.5. The van der Waals surface area contributed by atoms with Gasteiger partial charge in [-0.05, 0) is 51.0 Å². The van der Waals surface area contributed by atoms with Gasteiger partial charge in [-0.2, -0.15) is 0 Å². The van der Waals surface area contributed by atoms with Crippen molar-refractivity contribution in [2.24, 2.45) is 0 Å². The summed E-state index contributed by atoms with van der Waals surface area (Å²) in [4.78, 5) is 27.8. The number of carbonyl (C=O) groups is 2. The summed E-state index contributed by atoms with van der Waals surface area (Å²) in [5.41, 5.74) is 0.676. The molecule has 174 valence electrons. The Hall–Kier alpha value is -1.76. The largest absolute Gasteiger partial charge is 0.350 e. The van der Waals surface area contributed by atoms with Crippen LogP contribution in [0.3, 0.4) is 0 Å². The predicted molar refractivity (Wildman–Crippen MR) is 132 cm³/mol. The lowest BCUT2D eigenvalue weighted by atomic mass is 10.1. The van der Waals surface area contributed by atoms with E-state index in [1.54, 1.807) is 36.4 Å². The number of amides is 2. The molecule has 0 spiro atoms. The maximum atomic E-state index is 13.9. The second-order valence-electron chi connectivity index (χ2n) is 8.47. The first-order valence-electron chi connectivity index (χ1n) is 10.4. The second kappa shape index (κ2) is 11.9. The third kappa shape index (κ3) is 7.68. The summed E-state index contributed by atoms with van der Waals surface area (Å²) in [5, 5.41) is 3.82. The summed E-state index contributed by atoms with van der Waals surface area (Å²) in [6.07, 6.45) is 0.424. The number of halogens is 3. The van der Waals surface area contributed by atoms with Gasteiger partial charge in [-0.1, -0.05) is 54.4 Å². The van der Waals surface area contributed by atoms with Gasteiger partial charge in [-0.3, -0.25) is 9.59 Å². The Morgan fingerprint density at radius 3 is 2.28 bits per heavy atom. The maximum Gasteiger partial charge on any atom is 0.243 e. The molecule has 2 rings (SSSR count). The molecule has 1 atom stereocenters. The Balaban J connectivity index is 2.24. The molecule has 4 nitrogen and oxygen atoms in total. The third-order valence-corrected chi connectivity index (χ3v) is 6.39. The fraction of sp³-hybridized carbons (Fsp3) is 0.417. The highest BCUT2D eigenvalue weighted by atomic mass is 35.5. The van der Waals surface area contributed by atoms with Crippen LogP contribution in [0.5, 0.6) is 0 Å². The van der Waals surface area contributed by atoms with Gasteiger partial charge in [0.25, 0.3) is 0 Å². The summed E-state index contributed by atoms with van der Waals surface area (Å²) in [5.74, 6) is -0.336. The molecule has 0 fully saturated rings. The summed E-state index contributed by atoms with van der Waals surface area (Å²) in [7, 11) is 0.